The second-order valence-corrected chi connectivity index (χ2v) is 9.68. The molecule has 1 aromatic carbocycles. The predicted octanol–water partition coefficient (Wildman–Crippen LogP) is 5.67. The Labute approximate surface area is 226 Å². The standard InChI is InChI=1S/C29H45NO8/c1-5-8-11-14-26(32)37-23-17-16-21(19-24(23)38-27(33)15-12-9-6-2)22(28(30)29(34)35)18-20(4)36-25(31)13-10-7-3/h16-17,19-20,22,28H,5-15,18,30H2,1-4H3,(H,34,35)/t20?,22?,28-/m0/s1. The first kappa shape index (κ1) is 33.1. The number of benzene rings is 1. The summed E-state index contributed by atoms with van der Waals surface area (Å²) in [5.41, 5.74) is 6.51. The van der Waals surface area contributed by atoms with E-state index in [1.165, 1.54) is 12.1 Å². The Kier molecular flexibility index (Phi) is 16.0. The maximum atomic E-state index is 12.5. The number of carbonyl (C=O) groups is 4. The zero-order chi connectivity index (χ0) is 28.5. The van der Waals surface area contributed by atoms with Crippen LogP contribution in [0.3, 0.4) is 0 Å². The largest absolute Gasteiger partial charge is 0.480 e. The van der Waals surface area contributed by atoms with E-state index in [9.17, 15) is 24.3 Å². The molecule has 0 amide bonds. The van der Waals surface area contributed by atoms with Gasteiger partial charge in [0, 0.05) is 25.2 Å². The van der Waals surface area contributed by atoms with Gasteiger partial charge in [0.2, 0.25) is 0 Å². The normalized spacial score (nSPS) is 13.3. The van der Waals surface area contributed by atoms with Crippen LogP contribution in [0, 0.1) is 0 Å². The molecular weight excluding hydrogens is 490 g/mol. The zero-order valence-electron chi connectivity index (χ0n) is 23.3. The molecule has 2 unspecified atom stereocenters. The van der Waals surface area contributed by atoms with Crippen molar-refractivity contribution in [3.8, 4) is 11.5 Å². The number of carboxylic acids is 1. The Morgan fingerprint density at radius 3 is 1.84 bits per heavy atom. The maximum absolute atomic E-state index is 12.5. The molecule has 214 valence electrons. The minimum atomic E-state index is -1.30. The number of hydrogen-bond donors (Lipinski definition) is 2. The first-order chi connectivity index (χ1) is 18.1. The topological polar surface area (TPSA) is 142 Å². The van der Waals surface area contributed by atoms with E-state index < -0.39 is 36.0 Å². The van der Waals surface area contributed by atoms with Crippen LogP contribution in [0.15, 0.2) is 18.2 Å². The zero-order valence-corrected chi connectivity index (χ0v) is 23.3. The van der Waals surface area contributed by atoms with E-state index in [4.69, 9.17) is 19.9 Å². The van der Waals surface area contributed by atoms with Gasteiger partial charge in [0.15, 0.2) is 11.5 Å². The van der Waals surface area contributed by atoms with E-state index in [2.05, 4.69) is 0 Å². The number of carbonyl (C=O) groups excluding carboxylic acids is 3. The van der Waals surface area contributed by atoms with Crippen molar-refractivity contribution in [2.45, 2.75) is 123 Å². The van der Waals surface area contributed by atoms with Crippen LogP contribution >= 0.6 is 0 Å². The Bertz CT molecular complexity index is 901. The van der Waals surface area contributed by atoms with Gasteiger partial charge in [-0.3, -0.25) is 19.2 Å². The van der Waals surface area contributed by atoms with Crippen LogP contribution in [0.4, 0.5) is 0 Å². The van der Waals surface area contributed by atoms with Crippen LogP contribution < -0.4 is 15.2 Å². The van der Waals surface area contributed by atoms with Crippen LogP contribution in [-0.4, -0.2) is 41.1 Å². The monoisotopic (exact) mass is 535 g/mol. The third-order valence-electron chi connectivity index (χ3n) is 6.18. The summed E-state index contributed by atoms with van der Waals surface area (Å²) in [5, 5.41) is 9.65. The molecule has 0 aromatic heterocycles. The lowest BCUT2D eigenvalue weighted by molar-refractivity contribution is -0.149. The first-order valence-electron chi connectivity index (χ1n) is 13.9. The third-order valence-corrected chi connectivity index (χ3v) is 6.18. The summed E-state index contributed by atoms with van der Waals surface area (Å²) in [5.74, 6) is -3.13. The van der Waals surface area contributed by atoms with Gasteiger partial charge < -0.3 is 25.1 Å². The van der Waals surface area contributed by atoms with E-state index in [0.29, 0.717) is 24.8 Å². The molecule has 0 aliphatic heterocycles. The number of hydrogen-bond acceptors (Lipinski definition) is 8. The van der Waals surface area contributed by atoms with E-state index in [0.717, 1.165) is 32.1 Å². The van der Waals surface area contributed by atoms with E-state index in [-0.39, 0.29) is 43.2 Å². The molecule has 0 spiro atoms. The van der Waals surface area contributed by atoms with Crippen molar-refractivity contribution in [2.75, 3.05) is 0 Å². The summed E-state index contributed by atoms with van der Waals surface area (Å²) in [6.45, 7) is 7.72. The fourth-order valence-electron chi connectivity index (χ4n) is 3.98. The van der Waals surface area contributed by atoms with Gasteiger partial charge in [-0.15, -0.1) is 0 Å². The molecule has 1 rings (SSSR count). The van der Waals surface area contributed by atoms with Gasteiger partial charge in [-0.1, -0.05) is 58.9 Å². The van der Waals surface area contributed by atoms with Gasteiger partial charge in [0.1, 0.15) is 6.04 Å². The van der Waals surface area contributed by atoms with Crippen LogP contribution in [-0.2, 0) is 23.9 Å². The van der Waals surface area contributed by atoms with Crippen molar-refractivity contribution in [2.24, 2.45) is 5.73 Å². The maximum Gasteiger partial charge on any atom is 0.321 e. The van der Waals surface area contributed by atoms with Gasteiger partial charge in [0.05, 0.1) is 6.10 Å². The van der Waals surface area contributed by atoms with Gasteiger partial charge in [-0.05, 0) is 50.3 Å². The fourth-order valence-corrected chi connectivity index (χ4v) is 3.98. The van der Waals surface area contributed by atoms with Crippen LogP contribution in [0.5, 0.6) is 11.5 Å². The highest BCUT2D eigenvalue weighted by molar-refractivity contribution is 5.77. The Morgan fingerprint density at radius 1 is 0.789 bits per heavy atom. The molecule has 9 heteroatoms. The van der Waals surface area contributed by atoms with Crippen LogP contribution in [0.1, 0.15) is 116 Å². The molecule has 38 heavy (non-hydrogen) atoms. The molecule has 0 bridgehead atoms. The summed E-state index contributed by atoms with van der Waals surface area (Å²) in [6, 6.07) is 3.27. The molecule has 0 aliphatic rings. The summed E-state index contributed by atoms with van der Waals surface area (Å²) in [6.07, 6.45) is 6.84. The average molecular weight is 536 g/mol. The smallest absolute Gasteiger partial charge is 0.321 e. The lowest BCUT2D eigenvalue weighted by Crippen LogP contribution is -2.38. The first-order valence-corrected chi connectivity index (χ1v) is 13.9. The summed E-state index contributed by atoms with van der Waals surface area (Å²) in [4.78, 5) is 48.8. The van der Waals surface area contributed by atoms with Gasteiger partial charge in [-0.2, -0.15) is 0 Å². The lowest BCUT2D eigenvalue weighted by atomic mass is 9.87. The number of esters is 3. The summed E-state index contributed by atoms with van der Waals surface area (Å²) >= 11 is 0. The molecule has 0 aliphatic carbocycles. The van der Waals surface area contributed by atoms with E-state index >= 15 is 0 Å². The molecule has 0 fully saturated rings. The molecule has 9 nitrogen and oxygen atoms in total. The molecule has 0 saturated heterocycles. The summed E-state index contributed by atoms with van der Waals surface area (Å²) < 4.78 is 16.5. The number of unbranched alkanes of at least 4 members (excludes halogenated alkanes) is 5. The minimum Gasteiger partial charge on any atom is -0.480 e. The highest BCUT2D eigenvalue weighted by Gasteiger charge is 2.30. The molecule has 3 atom stereocenters. The highest BCUT2D eigenvalue weighted by Crippen LogP contribution is 2.35. The van der Waals surface area contributed by atoms with Crippen LogP contribution in [0.2, 0.25) is 0 Å². The van der Waals surface area contributed by atoms with Crippen molar-refractivity contribution in [3.05, 3.63) is 23.8 Å². The van der Waals surface area contributed by atoms with Crippen molar-refractivity contribution in [3.63, 3.8) is 0 Å². The number of aliphatic carboxylic acids is 1. The number of ether oxygens (including phenoxy) is 3. The fraction of sp³-hybridized carbons (Fsp3) is 0.655. The van der Waals surface area contributed by atoms with Gasteiger partial charge in [0.25, 0.3) is 0 Å². The quantitative estimate of drug-likeness (QED) is 0.130. The SMILES string of the molecule is CCCCCC(=O)Oc1ccc(C(CC(C)OC(=O)CCCC)[C@H](N)C(=O)O)cc1OC(=O)CCCCC. The second kappa shape index (κ2) is 18.3. The lowest BCUT2D eigenvalue weighted by Gasteiger charge is -2.25. The minimum absolute atomic E-state index is 0.0306. The number of carboxylic acid groups (broad SMARTS) is 1. The molecule has 3 N–H and O–H groups in total. The summed E-state index contributed by atoms with van der Waals surface area (Å²) in [7, 11) is 0. The highest BCUT2D eigenvalue weighted by atomic mass is 16.6. The Hall–Kier alpha value is -2.94. The average Bonchev–Trinajstić information content (AvgIpc) is 2.87. The third kappa shape index (κ3) is 12.5. The Balaban J connectivity index is 3.23. The van der Waals surface area contributed by atoms with Crippen molar-refractivity contribution < 1.29 is 38.5 Å². The van der Waals surface area contributed by atoms with Crippen molar-refractivity contribution in [1.82, 2.24) is 0 Å². The number of rotatable bonds is 19. The second-order valence-electron chi connectivity index (χ2n) is 9.68. The van der Waals surface area contributed by atoms with Gasteiger partial charge >= 0.3 is 23.9 Å². The molecule has 0 radical (unpaired) electrons. The molecular formula is C29H45NO8. The van der Waals surface area contributed by atoms with Crippen LogP contribution in [0.25, 0.3) is 0 Å². The predicted molar refractivity (Wildman–Crippen MR) is 144 cm³/mol. The van der Waals surface area contributed by atoms with E-state index in [1.807, 2.05) is 20.8 Å². The number of nitrogens with two attached hydrogens (primary N) is 1. The van der Waals surface area contributed by atoms with Crippen molar-refractivity contribution in [1.29, 1.82) is 0 Å². The van der Waals surface area contributed by atoms with Gasteiger partial charge in [-0.25, -0.2) is 0 Å². The van der Waals surface area contributed by atoms with E-state index in [1.54, 1.807) is 13.0 Å². The molecule has 0 heterocycles. The van der Waals surface area contributed by atoms with Crippen molar-refractivity contribution >= 4 is 23.9 Å². The molecule has 1 aromatic rings. The Morgan fingerprint density at radius 2 is 1.32 bits per heavy atom. The molecule has 0 saturated carbocycles.